The Kier molecular flexibility index (Phi) is 5.66. The Balaban J connectivity index is 2.45. The van der Waals surface area contributed by atoms with Gasteiger partial charge in [0.1, 0.15) is 5.15 Å². The van der Waals surface area contributed by atoms with Crippen molar-refractivity contribution in [2.24, 2.45) is 0 Å². The largest absolute Gasteiger partial charge is 0.310 e. The molecule has 0 saturated carbocycles. The second kappa shape index (κ2) is 6.81. The van der Waals surface area contributed by atoms with Gasteiger partial charge in [0.05, 0.1) is 0 Å². The molecule has 0 amide bonds. The standard InChI is InChI=1S/C12H19ClN2/c1-3-6-11(4-2)15-9-10-7-5-8-14-12(10)13/h5,7-8,11,15H,3-4,6,9H2,1-2H3. The van der Waals surface area contributed by atoms with Gasteiger partial charge in [-0.05, 0) is 18.9 Å². The molecule has 3 heteroatoms. The first-order valence-corrected chi connectivity index (χ1v) is 5.98. The quantitative estimate of drug-likeness (QED) is 0.752. The molecule has 0 saturated heterocycles. The first kappa shape index (κ1) is 12.5. The lowest BCUT2D eigenvalue weighted by atomic mass is 10.1. The molecule has 1 aromatic rings. The van der Waals surface area contributed by atoms with E-state index in [0.29, 0.717) is 11.2 Å². The molecule has 15 heavy (non-hydrogen) atoms. The second-order valence-electron chi connectivity index (χ2n) is 3.73. The van der Waals surface area contributed by atoms with Crippen molar-refractivity contribution in [3.8, 4) is 0 Å². The van der Waals surface area contributed by atoms with Gasteiger partial charge in [-0.1, -0.05) is 37.9 Å². The van der Waals surface area contributed by atoms with Crippen molar-refractivity contribution in [3.63, 3.8) is 0 Å². The smallest absolute Gasteiger partial charge is 0.133 e. The molecule has 1 atom stereocenters. The van der Waals surface area contributed by atoms with Crippen molar-refractivity contribution >= 4 is 11.6 Å². The fraction of sp³-hybridized carbons (Fsp3) is 0.583. The summed E-state index contributed by atoms with van der Waals surface area (Å²) >= 11 is 5.98. The highest BCUT2D eigenvalue weighted by Crippen LogP contribution is 2.12. The molecule has 1 unspecified atom stereocenters. The minimum absolute atomic E-state index is 0.589. The van der Waals surface area contributed by atoms with Crippen LogP contribution in [0.5, 0.6) is 0 Å². The van der Waals surface area contributed by atoms with E-state index < -0.39 is 0 Å². The number of aromatic nitrogens is 1. The van der Waals surface area contributed by atoms with Crippen LogP contribution in [0.1, 0.15) is 38.7 Å². The van der Waals surface area contributed by atoms with E-state index in [0.717, 1.165) is 18.5 Å². The number of hydrogen-bond donors (Lipinski definition) is 1. The van der Waals surface area contributed by atoms with E-state index in [1.54, 1.807) is 6.20 Å². The van der Waals surface area contributed by atoms with Crippen LogP contribution < -0.4 is 5.32 Å². The fourth-order valence-electron chi connectivity index (χ4n) is 1.60. The summed E-state index contributed by atoms with van der Waals surface area (Å²) in [4.78, 5) is 4.05. The molecule has 1 aromatic heterocycles. The van der Waals surface area contributed by atoms with Crippen LogP contribution in [-0.2, 0) is 6.54 Å². The lowest BCUT2D eigenvalue weighted by molar-refractivity contribution is 0.462. The maximum absolute atomic E-state index is 5.98. The third kappa shape index (κ3) is 4.18. The molecule has 0 bridgehead atoms. The first-order valence-electron chi connectivity index (χ1n) is 5.60. The molecule has 0 aliphatic heterocycles. The number of nitrogens with zero attached hydrogens (tertiary/aromatic N) is 1. The Bertz CT molecular complexity index is 289. The summed E-state index contributed by atoms with van der Waals surface area (Å²) in [6.07, 6.45) is 5.31. The van der Waals surface area contributed by atoms with E-state index in [9.17, 15) is 0 Å². The molecule has 1 heterocycles. The normalized spacial score (nSPS) is 12.7. The number of pyridine rings is 1. The van der Waals surface area contributed by atoms with Gasteiger partial charge >= 0.3 is 0 Å². The van der Waals surface area contributed by atoms with Gasteiger partial charge in [0.15, 0.2) is 0 Å². The lowest BCUT2D eigenvalue weighted by Crippen LogP contribution is -2.27. The van der Waals surface area contributed by atoms with Gasteiger partial charge in [-0.3, -0.25) is 0 Å². The van der Waals surface area contributed by atoms with Gasteiger partial charge in [-0.15, -0.1) is 0 Å². The molecule has 0 aliphatic carbocycles. The topological polar surface area (TPSA) is 24.9 Å². The van der Waals surface area contributed by atoms with E-state index in [2.05, 4.69) is 24.1 Å². The van der Waals surface area contributed by atoms with Crippen molar-refractivity contribution in [2.45, 2.75) is 45.7 Å². The molecule has 0 radical (unpaired) electrons. The summed E-state index contributed by atoms with van der Waals surface area (Å²) in [5.74, 6) is 0. The van der Waals surface area contributed by atoms with Gasteiger partial charge in [-0.25, -0.2) is 4.98 Å². The van der Waals surface area contributed by atoms with Gasteiger partial charge in [0, 0.05) is 24.3 Å². The van der Waals surface area contributed by atoms with Crippen LogP contribution in [0.3, 0.4) is 0 Å². The molecule has 0 fully saturated rings. The Hall–Kier alpha value is -0.600. The molecular formula is C12H19ClN2. The van der Waals surface area contributed by atoms with Crippen LogP contribution >= 0.6 is 11.6 Å². The van der Waals surface area contributed by atoms with Gasteiger partial charge in [0.2, 0.25) is 0 Å². The van der Waals surface area contributed by atoms with E-state index in [1.807, 2.05) is 12.1 Å². The van der Waals surface area contributed by atoms with Crippen molar-refractivity contribution in [1.29, 1.82) is 0 Å². The SMILES string of the molecule is CCCC(CC)NCc1cccnc1Cl. The zero-order valence-corrected chi connectivity index (χ0v) is 10.2. The lowest BCUT2D eigenvalue weighted by Gasteiger charge is -2.16. The number of hydrogen-bond acceptors (Lipinski definition) is 2. The Morgan fingerprint density at radius 1 is 1.47 bits per heavy atom. The number of rotatable bonds is 6. The van der Waals surface area contributed by atoms with E-state index >= 15 is 0 Å². The minimum atomic E-state index is 0.589. The van der Waals surface area contributed by atoms with E-state index in [1.165, 1.54) is 12.8 Å². The fourth-order valence-corrected chi connectivity index (χ4v) is 1.79. The molecule has 1 N–H and O–H groups in total. The molecular weight excluding hydrogens is 208 g/mol. The highest BCUT2D eigenvalue weighted by molar-refractivity contribution is 6.30. The average molecular weight is 227 g/mol. The molecule has 84 valence electrons. The van der Waals surface area contributed by atoms with E-state index in [-0.39, 0.29) is 0 Å². The number of halogens is 1. The van der Waals surface area contributed by atoms with Gasteiger partial charge < -0.3 is 5.32 Å². The Morgan fingerprint density at radius 3 is 2.87 bits per heavy atom. The van der Waals surface area contributed by atoms with Crippen molar-refractivity contribution in [3.05, 3.63) is 29.0 Å². The Morgan fingerprint density at radius 2 is 2.27 bits per heavy atom. The summed E-state index contributed by atoms with van der Waals surface area (Å²) in [5.41, 5.74) is 1.08. The van der Waals surface area contributed by atoms with Crippen LogP contribution in [0.2, 0.25) is 5.15 Å². The highest BCUT2D eigenvalue weighted by Gasteiger charge is 2.05. The van der Waals surface area contributed by atoms with Crippen molar-refractivity contribution in [1.82, 2.24) is 10.3 Å². The van der Waals surface area contributed by atoms with Crippen molar-refractivity contribution < 1.29 is 0 Å². The average Bonchev–Trinajstić information content (AvgIpc) is 2.26. The highest BCUT2D eigenvalue weighted by atomic mass is 35.5. The minimum Gasteiger partial charge on any atom is -0.310 e. The molecule has 0 aliphatic rings. The molecule has 0 aromatic carbocycles. The zero-order chi connectivity index (χ0) is 11.1. The maximum atomic E-state index is 5.98. The monoisotopic (exact) mass is 226 g/mol. The molecule has 0 spiro atoms. The summed E-state index contributed by atoms with van der Waals surface area (Å²) in [6, 6.07) is 4.52. The van der Waals surface area contributed by atoms with Crippen LogP contribution in [0.25, 0.3) is 0 Å². The molecule has 2 nitrogen and oxygen atoms in total. The summed E-state index contributed by atoms with van der Waals surface area (Å²) < 4.78 is 0. The van der Waals surface area contributed by atoms with Crippen LogP contribution in [0.4, 0.5) is 0 Å². The predicted molar refractivity (Wildman–Crippen MR) is 65.1 cm³/mol. The second-order valence-corrected chi connectivity index (χ2v) is 4.09. The van der Waals surface area contributed by atoms with Crippen LogP contribution in [0.15, 0.2) is 18.3 Å². The zero-order valence-electron chi connectivity index (χ0n) is 9.46. The first-order chi connectivity index (χ1) is 7.27. The third-order valence-corrected chi connectivity index (χ3v) is 2.89. The van der Waals surface area contributed by atoms with Crippen LogP contribution in [-0.4, -0.2) is 11.0 Å². The summed E-state index contributed by atoms with van der Waals surface area (Å²) in [6.45, 7) is 5.23. The summed E-state index contributed by atoms with van der Waals surface area (Å²) in [5, 5.41) is 4.11. The van der Waals surface area contributed by atoms with Gasteiger partial charge in [0.25, 0.3) is 0 Å². The molecule has 1 rings (SSSR count). The summed E-state index contributed by atoms with van der Waals surface area (Å²) in [7, 11) is 0. The van der Waals surface area contributed by atoms with Crippen molar-refractivity contribution in [2.75, 3.05) is 0 Å². The maximum Gasteiger partial charge on any atom is 0.133 e. The third-order valence-electron chi connectivity index (χ3n) is 2.55. The van der Waals surface area contributed by atoms with Gasteiger partial charge in [-0.2, -0.15) is 0 Å². The predicted octanol–water partition coefficient (Wildman–Crippen LogP) is 3.40. The van der Waals surface area contributed by atoms with E-state index in [4.69, 9.17) is 11.6 Å². The Labute approximate surface area is 97.1 Å². The van der Waals surface area contributed by atoms with Crippen LogP contribution in [0, 0.1) is 0 Å². The number of nitrogens with one attached hydrogen (secondary N) is 1.